The van der Waals surface area contributed by atoms with Crippen LogP contribution in [0, 0.1) is 0 Å². The Morgan fingerprint density at radius 2 is 1.89 bits per heavy atom. The Labute approximate surface area is 112 Å². The van der Waals surface area contributed by atoms with E-state index in [0.29, 0.717) is 32.7 Å². The molecule has 110 valence electrons. The van der Waals surface area contributed by atoms with Crippen LogP contribution < -0.4 is 0 Å². The minimum atomic E-state index is -3.47. The number of sulfonamides is 1. The van der Waals surface area contributed by atoms with Gasteiger partial charge in [-0.3, -0.25) is 4.79 Å². The van der Waals surface area contributed by atoms with E-state index in [1.165, 1.54) is 4.31 Å². The van der Waals surface area contributed by atoms with Crippen molar-refractivity contribution in [1.29, 1.82) is 0 Å². The quantitative estimate of drug-likeness (QED) is 0.763. The number of ether oxygens (including phenoxy) is 2. The lowest BCUT2D eigenvalue weighted by Crippen LogP contribution is -2.53. The van der Waals surface area contributed by atoms with Crippen LogP contribution in [0.25, 0.3) is 0 Å². The monoisotopic (exact) mass is 293 g/mol. The second-order valence-corrected chi connectivity index (χ2v) is 6.96. The maximum absolute atomic E-state index is 12.6. The van der Waals surface area contributed by atoms with Crippen molar-refractivity contribution in [3.05, 3.63) is 0 Å². The third kappa shape index (κ3) is 3.44. The Morgan fingerprint density at radius 1 is 1.21 bits per heavy atom. The van der Waals surface area contributed by atoms with Crippen molar-refractivity contribution in [2.45, 2.75) is 30.6 Å². The van der Waals surface area contributed by atoms with Gasteiger partial charge in [0.15, 0.2) is 0 Å². The molecule has 2 heterocycles. The standard InChI is InChI=1S/C11H19NO6S/c13-11(14)7-9-8-18-6-3-12(9)19(15,16)10-1-4-17-5-2-10/h9-10H,1-8H2,(H,13,14). The molecule has 7 nitrogen and oxygen atoms in total. The van der Waals surface area contributed by atoms with E-state index in [2.05, 4.69) is 0 Å². The largest absolute Gasteiger partial charge is 0.481 e. The Balaban J connectivity index is 2.13. The molecule has 0 spiro atoms. The third-order valence-corrected chi connectivity index (χ3v) is 5.95. The fourth-order valence-corrected chi connectivity index (χ4v) is 4.55. The second-order valence-electron chi connectivity index (χ2n) is 4.79. The molecule has 2 aliphatic heterocycles. The van der Waals surface area contributed by atoms with E-state index in [0.717, 1.165) is 0 Å². The molecule has 19 heavy (non-hydrogen) atoms. The molecule has 1 atom stereocenters. The zero-order valence-electron chi connectivity index (χ0n) is 10.7. The number of morpholine rings is 1. The lowest BCUT2D eigenvalue weighted by atomic mass is 10.2. The van der Waals surface area contributed by atoms with Crippen LogP contribution in [0.15, 0.2) is 0 Å². The van der Waals surface area contributed by atoms with Crippen molar-refractivity contribution in [2.24, 2.45) is 0 Å². The summed E-state index contributed by atoms with van der Waals surface area (Å²) in [6.45, 7) is 1.58. The van der Waals surface area contributed by atoms with Crippen LogP contribution in [0.2, 0.25) is 0 Å². The van der Waals surface area contributed by atoms with Gasteiger partial charge < -0.3 is 14.6 Å². The van der Waals surface area contributed by atoms with Gasteiger partial charge in [-0.1, -0.05) is 0 Å². The smallest absolute Gasteiger partial charge is 0.305 e. The molecule has 1 unspecified atom stereocenters. The molecule has 0 bridgehead atoms. The van der Waals surface area contributed by atoms with E-state index in [4.69, 9.17) is 14.6 Å². The van der Waals surface area contributed by atoms with Crippen molar-refractivity contribution in [3.8, 4) is 0 Å². The Morgan fingerprint density at radius 3 is 2.53 bits per heavy atom. The van der Waals surface area contributed by atoms with Gasteiger partial charge in [0, 0.05) is 19.8 Å². The summed E-state index contributed by atoms with van der Waals surface area (Å²) in [5.74, 6) is -1.01. The van der Waals surface area contributed by atoms with Crippen molar-refractivity contribution in [3.63, 3.8) is 0 Å². The Hall–Kier alpha value is -0.700. The van der Waals surface area contributed by atoms with Gasteiger partial charge in [0.2, 0.25) is 10.0 Å². The third-order valence-electron chi connectivity index (χ3n) is 3.50. The predicted octanol–water partition coefficient (Wildman–Crippen LogP) is -0.329. The topological polar surface area (TPSA) is 93.1 Å². The minimum absolute atomic E-state index is 0.148. The van der Waals surface area contributed by atoms with Crippen molar-refractivity contribution in [1.82, 2.24) is 4.31 Å². The summed E-state index contributed by atoms with van der Waals surface area (Å²) in [6, 6.07) is -0.598. The predicted molar refractivity (Wildman–Crippen MR) is 66.3 cm³/mol. The first-order chi connectivity index (χ1) is 9.01. The average Bonchev–Trinajstić information content (AvgIpc) is 2.39. The molecule has 2 saturated heterocycles. The first-order valence-electron chi connectivity index (χ1n) is 6.40. The average molecular weight is 293 g/mol. The number of hydrogen-bond acceptors (Lipinski definition) is 5. The van der Waals surface area contributed by atoms with E-state index in [9.17, 15) is 13.2 Å². The van der Waals surface area contributed by atoms with Gasteiger partial charge in [-0.2, -0.15) is 4.31 Å². The molecule has 0 saturated carbocycles. The molecular weight excluding hydrogens is 274 g/mol. The normalized spacial score (nSPS) is 27.3. The molecule has 0 aromatic heterocycles. The van der Waals surface area contributed by atoms with Gasteiger partial charge in [0.05, 0.1) is 30.9 Å². The van der Waals surface area contributed by atoms with Crippen LogP contribution in [0.4, 0.5) is 0 Å². The van der Waals surface area contributed by atoms with Crippen LogP contribution in [-0.2, 0) is 24.3 Å². The number of nitrogens with zero attached hydrogens (tertiary/aromatic N) is 1. The lowest BCUT2D eigenvalue weighted by Gasteiger charge is -2.37. The molecule has 0 radical (unpaired) electrons. The summed E-state index contributed by atoms with van der Waals surface area (Å²) in [5.41, 5.74) is 0. The SMILES string of the molecule is O=C(O)CC1COCCN1S(=O)(=O)C1CCOCC1. The van der Waals surface area contributed by atoms with Gasteiger partial charge in [-0.15, -0.1) is 0 Å². The van der Waals surface area contributed by atoms with Gasteiger partial charge >= 0.3 is 5.97 Å². The summed E-state index contributed by atoms with van der Waals surface area (Å²) in [5, 5.41) is 8.40. The molecule has 1 N–H and O–H groups in total. The van der Waals surface area contributed by atoms with E-state index in [1.807, 2.05) is 0 Å². The number of hydrogen-bond donors (Lipinski definition) is 1. The summed E-state index contributed by atoms with van der Waals surface area (Å²) in [7, 11) is -3.47. The zero-order chi connectivity index (χ0) is 13.9. The zero-order valence-corrected chi connectivity index (χ0v) is 11.5. The summed E-state index contributed by atoms with van der Waals surface area (Å²) >= 11 is 0. The molecule has 2 rings (SSSR count). The number of carbonyl (C=O) groups is 1. The molecule has 0 amide bonds. The van der Waals surface area contributed by atoms with E-state index in [-0.39, 0.29) is 19.6 Å². The number of aliphatic carboxylic acids is 1. The summed E-state index contributed by atoms with van der Waals surface area (Å²) in [4.78, 5) is 10.8. The highest BCUT2D eigenvalue weighted by Crippen LogP contribution is 2.24. The van der Waals surface area contributed by atoms with Gasteiger partial charge in [-0.25, -0.2) is 8.42 Å². The molecular formula is C11H19NO6S. The highest BCUT2D eigenvalue weighted by Gasteiger charge is 2.39. The Kier molecular flexibility index (Phi) is 4.77. The number of rotatable bonds is 4. The summed E-state index contributed by atoms with van der Waals surface area (Å²) < 4.78 is 36.8. The maximum Gasteiger partial charge on any atom is 0.305 e. The fraction of sp³-hybridized carbons (Fsp3) is 0.909. The fourth-order valence-electron chi connectivity index (χ4n) is 2.50. The van der Waals surface area contributed by atoms with Crippen LogP contribution in [0.1, 0.15) is 19.3 Å². The number of carboxylic acid groups (broad SMARTS) is 1. The first kappa shape index (κ1) is 14.7. The van der Waals surface area contributed by atoms with Crippen molar-refractivity contribution >= 4 is 16.0 Å². The van der Waals surface area contributed by atoms with E-state index in [1.54, 1.807) is 0 Å². The number of carboxylic acids is 1. The minimum Gasteiger partial charge on any atom is -0.481 e. The van der Waals surface area contributed by atoms with Crippen LogP contribution in [0.5, 0.6) is 0 Å². The molecule has 0 aromatic rings. The highest BCUT2D eigenvalue weighted by molar-refractivity contribution is 7.89. The van der Waals surface area contributed by atoms with Gasteiger partial charge in [-0.05, 0) is 12.8 Å². The molecule has 2 fully saturated rings. The van der Waals surface area contributed by atoms with Gasteiger partial charge in [0.25, 0.3) is 0 Å². The first-order valence-corrected chi connectivity index (χ1v) is 7.90. The highest BCUT2D eigenvalue weighted by atomic mass is 32.2. The van der Waals surface area contributed by atoms with Crippen LogP contribution >= 0.6 is 0 Å². The second kappa shape index (κ2) is 6.17. The summed E-state index contributed by atoms with van der Waals surface area (Å²) in [6.07, 6.45) is 0.724. The Bertz CT molecular complexity index is 417. The molecule has 0 aromatic carbocycles. The van der Waals surface area contributed by atoms with Crippen molar-refractivity contribution in [2.75, 3.05) is 33.0 Å². The molecule has 8 heteroatoms. The van der Waals surface area contributed by atoms with E-state index >= 15 is 0 Å². The van der Waals surface area contributed by atoms with Crippen LogP contribution in [0.3, 0.4) is 0 Å². The van der Waals surface area contributed by atoms with Crippen molar-refractivity contribution < 1.29 is 27.8 Å². The lowest BCUT2D eigenvalue weighted by molar-refractivity contribution is -0.139. The molecule has 2 aliphatic rings. The van der Waals surface area contributed by atoms with E-state index < -0.39 is 27.3 Å². The molecule has 0 aliphatic carbocycles. The maximum atomic E-state index is 12.6. The van der Waals surface area contributed by atoms with Gasteiger partial charge in [0.1, 0.15) is 0 Å². The van der Waals surface area contributed by atoms with Crippen LogP contribution in [-0.4, -0.2) is 68.1 Å².